The fourth-order valence-corrected chi connectivity index (χ4v) is 3.71. The first kappa shape index (κ1) is 19.4. The molecule has 1 N–H and O–H groups in total. The topological polar surface area (TPSA) is 35.6 Å². The van der Waals surface area contributed by atoms with Crippen molar-refractivity contribution in [3.63, 3.8) is 0 Å². The van der Waals surface area contributed by atoms with E-state index in [1.54, 1.807) is 0 Å². The third kappa shape index (κ3) is 5.57. The van der Waals surface area contributed by atoms with Gasteiger partial charge in [0.2, 0.25) is 5.91 Å². The van der Waals surface area contributed by atoms with Gasteiger partial charge >= 0.3 is 0 Å². The predicted octanol–water partition coefficient (Wildman–Crippen LogP) is 3.64. The van der Waals surface area contributed by atoms with Gasteiger partial charge in [0.15, 0.2) is 0 Å². The molecule has 2 aromatic carbocycles. The van der Waals surface area contributed by atoms with Gasteiger partial charge in [0, 0.05) is 32.7 Å². The smallest absolute Gasteiger partial charge is 0.220 e. The van der Waals surface area contributed by atoms with E-state index >= 15 is 0 Å². The summed E-state index contributed by atoms with van der Waals surface area (Å²) in [7, 11) is 4.11. The van der Waals surface area contributed by atoms with Crippen molar-refractivity contribution in [1.82, 2.24) is 10.2 Å². The maximum Gasteiger partial charge on any atom is 0.220 e. The summed E-state index contributed by atoms with van der Waals surface area (Å²) in [5.74, 6) is 0.132. The van der Waals surface area contributed by atoms with E-state index in [2.05, 4.69) is 65.6 Å². The molecule has 1 saturated heterocycles. The molecule has 2 aromatic rings. The molecule has 0 saturated carbocycles. The number of nitrogens with zero attached hydrogens (tertiary/aromatic N) is 2. The fourth-order valence-electron chi connectivity index (χ4n) is 3.71. The molecule has 0 spiro atoms. The Morgan fingerprint density at radius 2 is 1.70 bits per heavy atom. The van der Waals surface area contributed by atoms with Gasteiger partial charge in [-0.2, -0.15) is 0 Å². The van der Waals surface area contributed by atoms with E-state index in [9.17, 15) is 4.79 Å². The maximum atomic E-state index is 12.4. The van der Waals surface area contributed by atoms with Gasteiger partial charge in [-0.25, -0.2) is 0 Å². The molecule has 0 radical (unpaired) electrons. The lowest BCUT2D eigenvalue weighted by Crippen LogP contribution is -2.36. The van der Waals surface area contributed by atoms with Gasteiger partial charge in [-0.05, 0) is 55.6 Å². The van der Waals surface area contributed by atoms with Crippen molar-refractivity contribution in [2.75, 3.05) is 38.6 Å². The average Bonchev–Trinajstić information content (AvgIpc) is 3.22. The van der Waals surface area contributed by atoms with Crippen LogP contribution in [0.2, 0.25) is 0 Å². The second kappa shape index (κ2) is 9.56. The van der Waals surface area contributed by atoms with E-state index in [0.717, 1.165) is 19.5 Å². The van der Waals surface area contributed by atoms with E-state index in [1.807, 2.05) is 18.2 Å². The van der Waals surface area contributed by atoms with E-state index in [1.165, 1.54) is 29.7 Å². The van der Waals surface area contributed by atoms with Crippen LogP contribution in [-0.2, 0) is 11.2 Å². The van der Waals surface area contributed by atoms with Crippen LogP contribution in [0.25, 0.3) is 0 Å². The number of benzene rings is 2. The summed E-state index contributed by atoms with van der Waals surface area (Å²) in [5, 5.41) is 3.17. The molecular weight excluding hydrogens is 334 g/mol. The Morgan fingerprint density at radius 3 is 2.33 bits per heavy atom. The molecule has 1 aliphatic heterocycles. The molecule has 1 heterocycles. The van der Waals surface area contributed by atoms with Gasteiger partial charge in [-0.15, -0.1) is 0 Å². The minimum atomic E-state index is 0.132. The normalized spacial score (nSPS) is 15.5. The highest BCUT2D eigenvalue weighted by atomic mass is 16.1. The summed E-state index contributed by atoms with van der Waals surface area (Å²) in [4.78, 5) is 17.0. The maximum absolute atomic E-state index is 12.4. The number of carbonyl (C=O) groups excluding carboxylic acids is 1. The number of nitrogens with one attached hydrogen (secondary N) is 1. The standard InChI is InChI=1S/C23H31N3O/c1-25(2)21-13-11-20(12-14-21)22(26-16-6-7-17-26)18-24-23(27)15-10-19-8-4-3-5-9-19/h3-5,8-9,11-14,22H,6-7,10,15-18H2,1-2H3,(H,24,27)/t22-/m1/s1. The molecule has 3 rings (SSSR count). The van der Waals surface area contributed by atoms with Gasteiger partial charge in [-0.1, -0.05) is 42.5 Å². The molecular formula is C23H31N3O. The van der Waals surface area contributed by atoms with Crippen LogP contribution in [0.1, 0.15) is 36.4 Å². The van der Waals surface area contributed by atoms with Crippen LogP contribution in [0.3, 0.4) is 0 Å². The molecule has 1 atom stereocenters. The van der Waals surface area contributed by atoms with E-state index < -0.39 is 0 Å². The summed E-state index contributed by atoms with van der Waals surface area (Å²) >= 11 is 0. The lowest BCUT2D eigenvalue weighted by Gasteiger charge is -2.28. The number of carbonyl (C=O) groups is 1. The lowest BCUT2D eigenvalue weighted by atomic mass is 10.0. The summed E-state index contributed by atoms with van der Waals surface area (Å²) < 4.78 is 0. The second-order valence-electron chi connectivity index (χ2n) is 7.53. The van der Waals surface area contributed by atoms with Crippen LogP contribution in [0.4, 0.5) is 5.69 Å². The minimum Gasteiger partial charge on any atom is -0.378 e. The average molecular weight is 366 g/mol. The monoisotopic (exact) mass is 365 g/mol. The van der Waals surface area contributed by atoms with Crippen molar-refractivity contribution in [3.8, 4) is 0 Å². The van der Waals surface area contributed by atoms with Crippen LogP contribution < -0.4 is 10.2 Å². The number of anilines is 1. The molecule has 27 heavy (non-hydrogen) atoms. The summed E-state index contributed by atoms with van der Waals surface area (Å²) in [6.07, 6.45) is 3.82. The first-order valence-corrected chi connectivity index (χ1v) is 9.95. The number of hydrogen-bond donors (Lipinski definition) is 1. The number of rotatable bonds is 8. The minimum absolute atomic E-state index is 0.132. The van der Waals surface area contributed by atoms with Crippen LogP contribution >= 0.6 is 0 Å². The molecule has 4 nitrogen and oxygen atoms in total. The van der Waals surface area contributed by atoms with Gasteiger partial charge < -0.3 is 10.2 Å². The molecule has 144 valence electrons. The van der Waals surface area contributed by atoms with Crippen molar-refractivity contribution in [2.45, 2.75) is 31.7 Å². The van der Waals surface area contributed by atoms with Crippen LogP contribution in [0, 0.1) is 0 Å². The van der Waals surface area contributed by atoms with E-state index in [-0.39, 0.29) is 11.9 Å². The zero-order chi connectivity index (χ0) is 19.1. The highest BCUT2D eigenvalue weighted by Crippen LogP contribution is 2.26. The highest BCUT2D eigenvalue weighted by molar-refractivity contribution is 5.76. The number of aryl methyl sites for hydroxylation is 1. The van der Waals surface area contributed by atoms with Gasteiger partial charge in [0.25, 0.3) is 0 Å². The summed E-state index contributed by atoms with van der Waals surface area (Å²) in [5.41, 5.74) is 3.69. The van der Waals surface area contributed by atoms with Gasteiger partial charge in [-0.3, -0.25) is 9.69 Å². The second-order valence-corrected chi connectivity index (χ2v) is 7.53. The van der Waals surface area contributed by atoms with Gasteiger partial charge in [0.1, 0.15) is 0 Å². The Morgan fingerprint density at radius 1 is 1.04 bits per heavy atom. The van der Waals surface area contributed by atoms with Crippen LogP contribution in [0.15, 0.2) is 54.6 Å². The van der Waals surface area contributed by atoms with Crippen molar-refractivity contribution in [1.29, 1.82) is 0 Å². The van der Waals surface area contributed by atoms with Crippen LogP contribution in [0.5, 0.6) is 0 Å². The zero-order valence-electron chi connectivity index (χ0n) is 16.5. The van der Waals surface area contributed by atoms with Crippen molar-refractivity contribution in [2.24, 2.45) is 0 Å². The molecule has 4 heteroatoms. The molecule has 0 aromatic heterocycles. The quantitative estimate of drug-likeness (QED) is 0.776. The number of amides is 1. The molecule has 1 fully saturated rings. The molecule has 0 bridgehead atoms. The van der Waals surface area contributed by atoms with Crippen molar-refractivity contribution < 1.29 is 4.79 Å². The third-order valence-corrected chi connectivity index (χ3v) is 5.35. The molecule has 0 unspecified atom stereocenters. The summed E-state index contributed by atoms with van der Waals surface area (Å²) in [6.45, 7) is 2.90. The zero-order valence-corrected chi connectivity index (χ0v) is 16.5. The van der Waals surface area contributed by atoms with Crippen molar-refractivity contribution in [3.05, 3.63) is 65.7 Å². The Bertz CT molecular complexity index is 706. The Labute approximate surface area is 163 Å². The van der Waals surface area contributed by atoms with E-state index in [4.69, 9.17) is 0 Å². The highest BCUT2D eigenvalue weighted by Gasteiger charge is 2.24. The lowest BCUT2D eigenvalue weighted by molar-refractivity contribution is -0.121. The Kier molecular flexibility index (Phi) is 6.88. The molecule has 1 amide bonds. The van der Waals surface area contributed by atoms with E-state index in [0.29, 0.717) is 13.0 Å². The summed E-state index contributed by atoms with van der Waals surface area (Å²) in [6, 6.07) is 19.2. The fraction of sp³-hybridized carbons (Fsp3) is 0.435. The first-order chi connectivity index (χ1) is 13.1. The Hall–Kier alpha value is -2.33. The number of likely N-dealkylation sites (tertiary alicyclic amines) is 1. The van der Waals surface area contributed by atoms with Gasteiger partial charge in [0.05, 0.1) is 6.04 Å². The largest absolute Gasteiger partial charge is 0.378 e. The SMILES string of the molecule is CN(C)c1ccc([C@@H](CNC(=O)CCc2ccccc2)N2CCCC2)cc1. The predicted molar refractivity (Wildman–Crippen MR) is 112 cm³/mol. The van der Waals surface area contributed by atoms with Crippen LogP contribution in [-0.4, -0.2) is 44.5 Å². The Balaban J connectivity index is 1.59. The molecule has 1 aliphatic rings. The van der Waals surface area contributed by atoms with Crippen molar-refractivity contribution >= 4 is 11.6 Å². The number of hydrogen-bond acceptors (Lipinski definition) is 3. The first-order valence-electron chi connectivity index (χ1n) is 9.95. The third-order valence-electron chi connectivity index (χ3n) is 5.35. The molecule has 0 aliphatic carbocycles.